The van der Waals surface area contributed by atoms with E-state index in [0.717, 1.165) is 29.6 Å². The second-order valence-corrected chi connectivity index (χ2v) is 4.95. The van der Waals surface area contributed by atoms with Crippen molar-refractivity contribution in [1.82, 2.24) is 0 Å². The molecule has 2 aromatic rings. The molecule has 0 amide bonds. The van der Waals surface area contributed by atoms with E-state index in [1.165, 1.54) is 23.5 Å². The van der Waals surface area contributed by atoms with E-state index in [4.69, 9.17) is 5.73 Å². The maximum Gasteiger partial charge on any atom is 0.162 e. The van der Waals surface area contributed by atoms with Gasteiger partial charge in [-0.15, -0.1) is 11.3 Å². The highest BCUT2D eigenvalue weighted by Gasteiger charge is 2.05. The molecular weight excluding hydrogens is 237 g/mol. The SMILES string of the molecule is Nc1cc(CCc2cccc(F)c2)sc1C=O. The van der Waals surface area contributed by atoms with Gasteiger partial charge in [-0.2, -0.15) is 0 Å². The average molecular weight is 249 g/mol. The first-order valence-electron chi connectivity index (χ1n) is 5.27. The first-order valence-corrected chi connectivity index (χ1v) is 6.08. The number of aldehydes is 1. The molecule has 2 nitrogen and oxygen atoms in total. The number of carbonyl (C=O) groups is 1. The van der Waals surface area contributed by atoms with Gasteiger partial charge in [0.1, 0.15) is 5.82 Å². The Bertz CT molecular complexity index is 536. The lowest BCUT2D eigenvalue weighted by molar-refractivity contribution is 0.112. The third-order valence-corrected chi connectivity index (χ3v) is 3.63. The van der Waals surface area contributed by atoms with E-state index < -0.39 is 0 Å². The van der Waals surface area contributed by atoms with Crippen LogP contribution >= 0.6 is 11.3 Å². The molecule has 88 valence electrons. The standard InChI is InChI=1S/C13H12FNOS/c14-10-3-1-2-9(6-10)4-5-11-7-12(15)13(8-16)17-11/h1-3,6-8H,4-5,15H2. The van der Waals surface area contributed by atoms with Gasteiger partial charge in [0.15, 0.2) is 6.29 Å². The average Bonchev–Trinajstić information content (AvgIpc) is 2.67. The molecular formula is C13H12FNOS. The molecule has 1 aromatic carbocycles. The van der Waals surface area contributed by atoms with Crippen LogP contribution in [0.3, 0.4) is 0 Å². The summed E-state index contributed by atoms with van der Waals surface area (Å²) in [4.78, 5) is 12.3. The van der Waals surface area contributed by atoms with E-state index in [0.29, 0.717) is 10.6 Å². The Morgan fingerprint density at radius 1 is 1.29 bits per heavy atom. The largest absolute Gasteiger partial charge is 0.397 e. The summed E-state index contributed by atoms with van der Waals surface area (Å²) < 4.78 is 13.0. The van der Waals surface area contributed by atoms with Crippen molar-refractivity contribution in [3.8, 4) is 0 Å². The molecule has 2 N–H and O–H groups in total. The van der Waals surface area contributed by atoms with Gasteiger partial charge in [0.25, 0.3) is 0 Å². The van der Waals surface area contributed by atoms with Crippen molar-refractivity contribution in [1.29, 1.82) is 0 Å². The number of aryl methyl sites for hydroxylation is 2. The summed E-state index contributed by atoms with van der Waals surface area (Å²) in [7, 11) is 0. The van der Waals surface area contributed by atoms with Crippen molar-refractivity contribution >= 4 is 23.3 Å². The van der Waals surface area contributed by atoms with E-state index in [2.05, 4.69) is 0 Å². The lowest BCUT2D eigenvalue weighted by Crippen LogP contribution is -1.89. The number of nitrogen functional groups attached to an aromatic ring is 1. The minimum Gasteiger partial charge on any atom is -0.397 e. The summed E-state index contributed by atoms with van der Waals surface area (Å²) in [5.74, 6) is -0.221. The summed E-state index contributed by atoms with van der Waals surface area (Å²) >= 11 is 1.40. The van der Waals surface area contributed by atoms with Gasteiger partial charge < -0.3 is 5.73 Å². The maximum absolute atomic E-state index is 13.0. The number of anilines is 1. The summed E-state index contributed by atoms with van der Waals surface area (Å²) in [5.41, 5.74) is 7.14. The molecule has 0 unspecified atom stereocenters. The molecule has 0 spiro atoms. The Balaban J connectivity index is 2.04. The van der Waals surface area contributed by atoms with Gasteiger partial charge >= 0.3 is 0 Å². The minimum atomic E-state index is -0.221. The number of hydrogen-bond donors (Lipinski definition) is 1. The van der Waals surface area contributed by atoms with Gasteiger partial charge in [0.05, 0.1) is 10.6 Å². The number of carbonyl (C=O) groups excluding carboxylic acids is 1. The van der Waals surface area contributed by atoms with E-state index >= 15 is 0 Å². The highest BCUT2D eigenvalue weighted by Crippen LogP contribution is 2.24. The monoisotopic (exact) mass is 249 g/mol. The predicted molar refractivity (Wildman–Crippen MR) is 67.9 cm³/mol. The quantitative estimate of drug-likeness (QED) is 0.846. The van der Waals surface area contributed by atoms with Crippen LogP contribution in [0.1, 0.15) is 20.1 Å². The third-order valence-electron chi connectivity index (χ3n) is 2.50. The zero-order valence-corrected chi connectivity index (χ0v) is 9.97. The first kappa shape index (κ1) is 11.8. The van der Waals surface area contributed by atoms with E-state index in [-0.39, 0.29) is 5.82 Å². The fourth-order valence-corrected chi connectivity index (χ4v) is 2.55. The summed E-state index contributed by atoms with van der Waals surface area (Å²) in [6.45, 7) is 0. The molecule has 2 rings (SSSR count). The van der Waals surface area contributed by atoms with Crippen molar-refractivity contribution < 1.29 is 9.18 Å². The van der Waals surface area contributed by atoms with Crippen LogP contribution in [0.2, 0.25) is 0 Å². The van der Waals surface area contributed by atoms with Crippen molar-refractivity contribution in [3.63, 3.8) is 0 Å². The number of nitrogens with two attached hydrogens (primary N) is 1. The van der Waals surface area contributed by atoms with Gasteiger partial charge in [-0.05, 0) is 36.6 Å². The molecule has 1 aromatic heterocycles. The first-order chi connectivity index (χ1) is 8.19. The molecule has 4 heteroatoms. The molecule has 1 heterocycles. The van der Waals surface area contributed by atoms with Crippen LogP contribution in [0, 0.1) is 5.82 Å². The third kappa shape index (κ3) is 2.91. The summed E-state index contributed by atoms with van der Waals surface area (Å²) in [6, 6.07) is 8.35. The van der Waals surface area contributed by atoms with Gasteiger partial charge in [0.2, 0.25) is 0 Å². The Labute approximate surface area is 103 Å². The predicted octanol–water partition coefficient (Wildman–Crippen LogP) is 3.07. The number of halogens is 1. The second-order valence-electron chi connectivity index (χ2n) is 3.78. The zero-order valence-electron chi connectivity index (χ0n) is 9.15. The van der Waals surface area contributed by atoms with Crippen molar-refractivity contribution in [3.05, 3.63) is 51.5 Å². The Kier molecular flexibility index (Phi) is 3.54. The maximum atomic E-state index is 13.0. The summed E-state index contributed by atoms with van der Waals surface area (Å²) in [6.07, 6.45) is 2.29. The summed E-state index contributed by atoms with van der Waals surface area (Å²) in [5, 5.41) is 0. The van der Waals surface area contributed by atoms with Crippen LogP contribution in [-0.4, -0.2) is 6.29 Å². The van der Waals surface area contributed by atoms with Crippen LogP contribution in [0.15, 0.2) is 30.3 Å². The minimum absolute atomic E-state index is 0.221. The van der Waals surface area contributed by atoms with E-state index in [9.17, 15) is 9.18 Å². The van der Waals surface area contributed by atoms with Crippen molar-refractivity contribution in [2.75, 3.05) is 5.73 Å². The molecule has 0 atom stereocenters. The van der Waals surface area contributed by atoms with Gasteiger partial charge in [-0.1, -0.05) is 12.1 Å². The van der Waals surface area contributed by atoms with Crippen LogP contribution in [0.5, 0.6) is 0 Å². The fourth-order valence-electron chi connectivity index (χ4n) is 1.65. The smallest absolute Gasteiger partial charge is 0.162 e. The number of hydrogen-bond acceptors (Lipinski definition) is 3. The molecule has 0 aliphatic rings. The number of benzene rings is 1. The molecule has 0 aliphatic carbocycles. The van der Waals surface area contributed by atoms with Crippen LogP contribution < -0.4 is 5.73 Å². The number of thiophene rings is 1. The van der Waals surface area contributed by atoms with Gasteiger partial charge in [-0.25, -0.2) is 4.39 Å². The Morgan fingerprint density at radius 2 is 2.12 bits per heavy atom. The van der Waals surface area contributed by atoms with Crippen LogP contribution in [-0.2, 0) is 12.8 Å². The molecule has 0 saturated heterocycles. The topological polar surface area (TPSA) is 43.1 Å². The normalized spacial score (nSPS) is 10.4. The second kappa shape index (κ2) is 5.10. The fraction of sp³-hybridized carbons (Fsp3) is 0.154. The molecule has 0 bridgehead atoms. The van der Waals surface area contributed by atoms with Crippen molar-refractivity contribution in [2.24, 2.45) is 0 Å². The molecule has 0 radical (unpaired) electrons. The lowest BCUT2D eigenvalue weighted by atomic mass is 10.1. The highest BCUT2D eigenvalue weighted by molar-refractivity contribution is 7.14. The zero-order chi connectivity index (χ0) is 12.3. The number of rotatable bonds is 4. The van der Waals surface area contributed by atoms with Crippen molar-refractivity contribution in [2.45, 2.75) is 12.8 Å². The molecule has 0 aliphatic heterocycles. The highest BCUT2D eigenvalue weighted by atomic mass is 32.1. The molecule has 0 saturated carbocycles. The molecule has 0 fully saturated rings. The van der Waals surface area contributed by atoms with E-state index in [1.807, 2.05) is 12.1 Å². The molecule has 17 heavy (non-hydrogen) atoms. The Hall–Kier alpha value is -1.68. The van der Waals surface area contributed by atoms with Crippen LogP contribution in [0.4, 0.5) is 10.1 Å². The van der Waals surface area contributed by atoms with E-state index in [1.54, 1.807) is 6.07 Å². The lowest BCUT2D eigenvalue weighted by Gasteiger charge is -1.99. The van der Waals surface area contributed by atoms with Gasteiger partial charge in [0, 0.05) is 4.88 Å². The van der Waals surface area contributed by atoms with Gasteiger partial charge in [-0.3, -0.25) is 4.79 Å². The Morgan fingerprint density at radius 3 is 2.76 bits per heavy atom. The van der Waals surface area contributed by atoms with Crippen LogP contribution in [0.25, 0.3) is 0 Å².